The van der Waals surface area contributed by atoms with E-state index >= 15 is 0 Å². The largest absolute Gasteiger partial charge is 0.481 e. The molecule has 1 aromatic carbocycles. The molecule has 0 unspecified atom stereocenters. The monoisotopic (exact) mass is 303 g/mol. The van der Waals surface area contributed by atoms with Crippen LogP contribution in [0.2, 0.25) is 0 Å². The van der Waals surface area contributed by atoms with Crippen molar-refractivity contribution >= 4 is 16.9 Å². The molecule has 7 heteroatoms. The molecule has 0 aliphatic rings. The van der Waals surface area contributed by atoms with Crippen LogP contribution in [0.25, 0.3) is 22.0 Å². The molecule has 1 N–H and O–H groups in total. The quantitative estimate of drug-likeness (QED) is 0.755. The number of pyridine rings is 1. The number of carboxylic acids is 1. The molecule has 0 saturated heterocycles. The molecule has 3 rings (SSSR count). The molecule has 0 aliphatic carbocycles. The van der Waals surface area contributed by atoms with Gasteiger partial charge in [0.1, 0.15) is 5.82 Å². The standard InChI is InChI=1S/C15H11F2N3O2/c1-20-7-9(6-18-20)13-14(16)10-4-8(5-12(21)22)2-3-11(10)19-15(13)17/h2-4,6-7H,5H2,1H3,(H,21,22). The van der Waals surface area contributed by atoms with Crippen molar-refractivity contribution in [3.05, 3.63) is 47.9 Å². The lowest BCUT2D eigenvalue weighted by atomic mass is 10.0. The van der Waals surface area contributed by atoms with Gasteiger partial charge in [-0.15, -0.1) is 0 Å². The van der Waals surface area contributed by atoms with Crippen molar-refractivity contribution in [3.63, 3.8) is 0 Å². The summed E-state index contributed by atoms with van der Waals surface area (Å²) in [5, 5.41) is 12.8. The van der Waals surface area contributed by atoms with Gasteiger partial charge in [-0.3, -0.25) is 9.48 Å². The zero-order valence-electron chi connectivity index (χ0n) is 11.5. The smallest absolute Gasteiger partial charge is 0.307 e. The van der Waals surface area contributed by atoms with Crippen molar-refractivity contribution in [1.82, 2.24) is 14.8 Å². The summed E-state index contributed by atoms with van der Waals surface area (Å²) in [4.78, 5) is 14.5. The van der Waals surface area contributed by atoms with E-state index in [1.807, 2.05) is 0 Å². The number of aliphatic carboxylic acids is 1. The fourth-order valence-corrected chi connectivity index (χ4v) is 2.32. The molecule has 0 spiro atoms. The summed E-state index contributed by atoms with van der Waals surface area (Å²) in [7, 11) is 1.64. The van der Waals surface area contributed by atoms with E-state index in [9.17, 15) is 13.6 Å². The van der Waals surface area contributed by atoms with Crippen LogP contribution in [0.3, 0.4) is 0 Å². The second-order valence-electron chi connectivity index (χ2n) is 4.92. The Labute approximate surface area is 123 Å². The van der Waals surface area contributed by atoms with Crippen LogP contribution in [0.15, 0.2) is 30.6 Å². The summed E-state index contributed by atoms with van der Waals surface area (Å²) in [5.41, 5.74) is 0.560. The van der Waals surface area contributed by atoms with Crippen molar-refractivity contribution in [1.29, 1.82) is 0 Å². The lowest BCUT2D eigenvalue weighted by Gasteiger charge is -2.07. The predicted molar refractivity (Wildman–Crippen MR) is 75.2 cm³/mol. The molecule has 0 aliphatic heterocycles. The Morgan fingerprint density at radius 2 is 2.14 bits per heavy atom. The van der Waals surface area contributed by atoms with Crippen LogP contribution in [0, 0.1) is 11.8 Å². The van der Waals surface area contributed by atoms with Crippen LogP contribution in [-0.4, -0.2) is 25.8 Å². The molecule has 2 heterocycles. The predicted octanol–water partition coefficient (Wildman–Crippen LogP) is 2.54. The summed E-state index contributed by atoms with van der Waals surface area (Å²) in [6, 6.07) is 4.28. The van der Waals surface area contributed by atoms with E-state index in [1.165, 1.54) is 35.3 Å². The number of carboxylic acid groups (broad SMARTS) is 1. The third kappa shape index (κ3) is 2.41. The maximum atomic E-state index is 14.7. The van der Waals surface area contributed by atoms with Crippen LogP contribution in [0.5, 0.6) is 0 Å². The second kappa shape index (κ2) is 5.18. The molecule has 0 bridgehead atoms. The van der Waals surface area contributed by atoms with Crippen LogP contribution in [0.1, 0.15) is 5.56 Å². The number of benzene rings is 1. The van der Waals surface area contributed by atoms with Gasteiger partial charge in [-0.05, 0) is 17.7 Å². The number of halogens is 2. The number of nitrogens with zero attached hydrogens (tertiary/aromatic N) is 3. The van der Waals surface area contributed by atoms with Gasteiger partial charge in [0.15, 0.2) is 0 Å². The SMILES string of the molecule is Cn1cc(-c2c(F)nc3ccc(CC(=O)O)cc3c2F)cn1. The highest BCUT2D eigenvalue weighted by atomic mass is 19.1. The maximum Gasteiger partial charge on any atom is 0.307 e. The Morgan fingerprint density at radius 1 is 1.36 bits per heavy atom. The zero-order valence-corrected chi connectivity index (χ0v) is 11.5. The molecule has 5 nitrogen and oxygen atoms in total. The Balaban J connectivity index is 2.23. The Hall–Kier alpha value is -2.83. The summed E-state index contributed by atoms with van der Waals surface area (Å²) >= 11 is 0. The maximum absolute atomic E-state index is 14.7. The highest BCUT2D eigenvalue weighted by Crippen LogP contribution is 2.30. The highest BCUT2D eigenvalue weighted by Gasteiger charge is 2.18. The minimum Gasteiger partial charge on any atom is -0.481 e. The molecular formula is C15H11F2N3O2. The fraction of sp³-hybridized carbons (Fsp3) is 0.133. The number of aromatic nitrogens is 3. The number of hydrogen-bond acceptors (Lipinski definition) is 3. The first-order valence-electron chi connectivity index (χ1n) is 6.44. The molecule has 112 valence electrons. The van der Waals surface area contributed by atoms with E-state index in [1.54, 1.807) is 7.05 Å². The molecule has 0 fully saturated rings. The number of aryl methyl sites for hydroxylation is 1. The number of rotatable bonds is 3. The van der Waals surface area contributed by atoms with Crippen molar-refractivity contribution in [3.8, 4) is 11.1 Å². The van der Waals surface area contributed by atoms with Crippen LogP contribution >= 0.6 is 0 Å². The average molecular weight is 303 g/mol. The van der Waals surface area contributed by atoms with E-state index in [0.29, 0.717) is 5.56 Å². The number of fused-ring (bicyclic) bond motifs is 1. The van der Waals surface area contributed by atoms with Crippen molar-refractivity contribution in [2.75, 3.05) is 0 Å². The van der Waals surface area contributed by atoms with Crippen LogP contribution < -0.4 is 0 Å². The van der Waals surface area contributed by atoms with Gasteiger partial charge in [-0.1, -0.05) is 6.07 Å². The van der Waals surface area contributed by atoms with E-state index in [0.717, 1.165) is 0 Å². The number of carbonyl (C=O) groups is 1. The second-order valence-corrected chi connectivity index (χ2v) is 4.92. The Kier molecular flexibility index (Phi) is 3.32. The molecule has 0 saturated carbocycles. The topological polar surface area (TPSA) is 68.0 Å². The average Bonchev–Trinajstić information content (AvgIpc) is 2.85. The fourth-order valence-electron chi connectivity index (χ4n) is 2.32. The Morgan fingerprint density at radius 3 is 2.77 bits per heavy atom. The third-order valence-electron chi connectivity index (χ3n) is 3.29. The van der Waals surface area contributed by atoms with E-state index in [4.69, 9.17) is 5.11 Å². The number of hydrogen-bond donors (Lipinski definition) is 1. The zero-order chi connectivity index (χ0) is 15.9. The lowest BCUT2D eigenvalue weighted by Crippen LogP contribution is -2.01. The van der Waals surface area contributed by atoms with Gasteiger partial charge in [0.05, 0.1) is 23.7 Å². The van der Waals surface area contributed by atoms with Gasteiger partial charge < -0.3 is 5.11 Å². The van der Waals surface area contributed by atoms with Gasteiger partial charge in [0.2, 0.25) is 5.95 Å². The molecule has 0 amide bonds. The van der Waals surface area contributed by atoms with Crippen molar-refractivity contribution < 1.29 is 18.7 Å². The van der Waals surface area contributed by atoms with Crippen molar-refractivity contribution in [2.24, 2.45) is 7.05 Å². The normalized spacial score (nSPS) is 11.0. The van der Waals surface area contributed by atoms with Gasteiger partial charge in [0, 0.05) is 24.2 Å². The molecular weight excluding hydrogens is 292 g/mol. The van der Waals surface area contributed by atoms with E-state index < -0.39 is 17.7 Å². The lowest BCUT2D eigenvalue weighted by molar-refractivity contribution is -0.136. The van der Waals surface area contributed by atoms with Gasteiger partial charge >= 0.3 is 5.97 Å². The first-order valence-corrected chi connectivity index (χ1v) is 6.44. The third-order valence-corrected chi connectivity index (χ3v) is 3.29. The van der Waals surface area contributed by atoms with Gasteiger partial charge in [0.25, 0.3) is 0 Å². The van der Waals surface area contributed by atoms with Gasteiger partial charge in [-0.2, -0.15) is 9.49 Å². The van der Waals surface area contributed by atoms with E-state index in [2.05, 4.69) is 10.1 Å². The molecule has 22 heavy (non-hydrogen) atoms. The summed E-state index contributed by atoms with van der Waals surface area (Å²) < 4.78 is 30.2. The minimum atomic E-state index is -1.03. The summed E-state index contributed by atoms with van der Waals surface area (Å²) in [6.45, 7) is 0. The molecule has 3 aromatic rings. The molecule has 0 atom stereocenters. The van der Waals surface area contributed by atoms with Crippen molar-refractivity contribution in [2.45, 2.75) is 6.42 Å². The first kappa shape index (κ1) is 14.1. The van der Waals surface area contributed by atoms with Gasteiger partial charge in [-0.25, -0.2) is 9.37 Å². The first-order chi connectivity index (χ1) is 10.5. The summed E-state index contributed by atoms with van der Waals surface area (Å²) in [5.74, 6) is -2.73. The molecule has 2 aromatic heterocycles. The Bertz CT molecular complexity index is 890. The highest BCUT2D eigenvalue weighted by molar-refractivity contribution is 5.86. The minimum absolute atomic E-state index is 0.0824. The summed E-state index contributed by atoms with van der Waals surface area (Å²) in [6.07, 6.45) is 2.58. The molecule has 0 radical (unpaired) electrons. The van der Waals surface area contributed by atoms with Crippen LogP contribution in [-0.2, 0) is 18.3 Å². The van der Waals surface area contributed by atoms with Crippen LogP contribution in [0.4, 0.5) is 8.78 Å². The van der Waals surface area contributed by atoms with E-state index in [-0.39, 0.29) is 28.5 Å².